The Balaban J connectivity index is 2.52. The summed E-state index contributed by atoms with van der Waals surface area (Å²) in [6.07, 6.45) is 0.607. The molecule has 1 heterocycles. The molecule has 5 heteroatoms. The third kappa shape index (κ3) is 1.86. The lowest BCUT2D eigenvalue weighted by Gasteiger charge is -2.31. The SMILES string of the molecule is O=CNC1CCNCC1(F)F. The van der Waals surface area contributed by atoms with Crippen LogP contribution in [0.15, 0.2) is 0 Å². The van der Waals surface area contributed by atoms with E-state index in [1.807, 2.05) is 0 Å². The van der Waals surface area contributed by atoms with Crippen LogP contribution in [0.5, 0.6) is 0 Å². The van der Waals surface area contributed by atoms with Crippen LogP contribution < -0.4 is 10.6 Å². The van der Waals surface area contributed by atoms with Crippen molar-refractivity contribution in [3.63, 3.8) is 0 Å². The molecule has 0 radical (unpaired) electrons. The minimum Gasteiger partial charge on any atom is -0.350 e. The Labute approximate surface area is 63.2 Å². The molecule has 0 aromatic carbocycles. The third-order valence-electron chi connectivity index (χ3n) is 1.75. The Morgan fingerprint density at radius 3 is 2.91 bits per heavy atom. The van der Waals surface area contributed by atoms with Crippen molar-refractivity contribution >= 4 is 6.41 Å². The van der Waals surface area contributed by atoms with E-state index in [-0.39, 0.29) is 13.0 Å². The van der Waals surface area contributed by atoms with Crippen molar-refractivity contribution in [3.05, 3.63) is 0 Å². The zero-order chi connectivity index (χ0) is 8.32. The number of carbonyl (C=O) groups is 1. The van der Waals surface area contributed by atoms with Gasteiger partial charge in [-0.25, -0.2) is 8.78 Å². The van der Waals surface area contributed by atoms with E-state index in [9.17, 15) is 13.6 Å². The summed E-state index contributed by atoms with van der Waals surface area (Å²) < 4.78 is 25.5. The molecular formula is C6H10F2N2O. The van der Waals surface area contributed by atoms with Gasteiger partial charge in [-0.3, -0.25) is 4.79 Å². The van der Waals surface area contributed by atoms with Gasteiger partial charge >= 0.3 is 0 Å². The van der Waals surface area contributed by atoms with Crippen molar-refractivity contribution < 1.29 is 13.6 Å². The molecule has 0 aliphatic carbocycles. The predicted molar refractivity (Wildman–Crippen MR) is 35.4 cm³/mol. The lowest BCUT2D eigenvalue weighted by atomic mass is 10.0. The first-order chi connectivity index (χ1) is 5.17. The molecule has 1 fully saturated rings. The molecule has 1 rings (SSSR count). The fourth-order valence-corrected chi connectivity index (χ4v) is 1.12. The number of halogens is 2. The van der Waals surface area contributed by atoms with Gasteiger partial charge in [-0.15, -0.1) is 0 Å². The fourth-order valence-electron chi connectivity index (χ4n) is 1.12. The van der Waals surface area contributed by atoms with E-state index < -0.39 is 12.0 Å². The Kier molecular flexibility index (Phi) is 2.38. The van der Waals surface area contributed by atoms with E-state index in [0.29, 0.717) is 13.0 Å². The Morgan fingerprint density at radius 1 is 1.64 bits per heavy atom. The lowest BCUT2D eigenvalue weighted by Crippen LogP contribution is -2.55. The highest BCUT2D eigenvalue weighted by Crippen LogP contribution is 2.22. The molecule has 1 aliphatic rings. The number of hydrogen-bond acceptors (Lipinski definition) is 2. The first-order valence-electron chi connectivity index (χ1n) is 3.45. The van der Waals surface area contributed by atoms with Crippen LogP contribution in [-0.2, 0) is 4.79 Å². The highest BCUT2D eigenvalue weighted by Gasteiger charge is 2.41. The van der Waals surface area contributed by atoms with Crippen molar-refractivity contribution in [2.24, 2.45) is 0 Å². The average Bonchev–Trinajstić information content (AvgIpc) is 1.94. The maximum Gasteiger partial charge on any atom is 0.280 e. The lowest BCUT2D eigenvalue weighted by molar-refractivity contribution is -0.115. The number of piperidine rings is 1. The molecule has 2 N–H and O–H groups in total. The van der Waals surface area contributed by atoms with Gasteiger partial charge in [0.05, 0.1) is 12.6 Å². The number of hydrogen-bond donors (Lipinski definition) is 2. The van der Waals surface area contributed by atoms with Crippen molar-refractivity contribution in [1.82, 2.24) is 10.6 Å². The van der Waals surface area contributed by atoms with Crippen molar-refractivity contribution in [1.29, 1.82) is 0 Å². The molecule has 1 amide bonds. The topological polar surface area (TPSA) is 41.1 Å². The molecule has 0 bridgehead atoms. The number of alkyl halides is 2. The van der Waals surface area contributed by atoms with E-state index >= 15 is 0 Å². The molecule has 1 saturated heterocycles. The molecule has 11 heavy (non-hydrogen) atoms. The summed E-state index contributed by atoms with van der Waals surface area (Å²) >= 11 is 0. The van der Waals surface area contributed by atoms with E-state index in [0.717, 1.165) is 0 Å². The molecule has 0 aromatic heterocycles. The van der Waals surface area contributed by atoms with Crippen molar-refractivity contribution in [2.75, 3.05) is 13.1 Å². The highest BCUT2D eigenvalue weighted by molar-refractivity contribution is 5.47. The molecule has 3 nitrogen and oxygen atoms in total. The van der Waals surface area contributed by atoms with Crippen LogP contribution in [0.3, 0.4) is 0 Å². The maximum absolute atomic E-state index is 12.8. The minimum absolute atomic E-state index is 0.283. The summed E-state index contributed by atoms with van der Waals surface area (Å²) in [5, 5.41) is 4.66. The zero-order valence-electron chi connectivity index (χ0n) is 5.94. The van der Waals surface area contributed by atoms with Gasteiger partial charge in [0, 0.05) is 0 Å². The summed E-state index contributed by atoms with van der Waals surface area (Å²) in [5.74, 6) is -2.81. The second-order valence-corrected chi connectivity index (χ2v) is 2.56. The summed E-state index contributed by atoms with van der Waals surface area (Å²) in [6.45, 7) is 0.180. The van der Waals surface area contributed by atoms with Crippen LogP contribution in [0, 0.1) is 0 Å². The smallest absolute Gasteiger partial charge is 0.280 e. The zero-order valence-corrected chi connectivity index (χ0v) is 5.94. The summed E-state index contributed by atoms with van der Waals surface area (Å²) in [4.78, 5) is 9.90. The van der Waals surface area contributed by atoms with E-state index in [1.165, 1.54) is 0 Å². The van der Waals surface area contributed by atoms with Crippen molar-refractivity contribution in [2.45, 2.75) is 18.4 Å². The van der Waals surface area contributed by atoms with Crippen LogP contribution >= 0.6 is 0 Å². The monoisotopic (exact) mass is 164 g/mol. The van der Waals surface area contributed by atoms with Gasteiger partial charge in [0.2, 0.25) is 6.41 Å². The summed E-state index contributed by atoms with van der Waals surface area (Å²) in [6, 6.07) is -0.999. The average molecular weight is 164 g/mol. The maximum atomic E-state index is 12.8. The quantitative estimate of drug-likeness (QED) is 0.551. The van der Waals surface area contributed by atoms with Gasteiger partial charge in [-0.05, 0) is 13.0 Å². The van der Waals surface area contributed by atoms with E-state index in [2.05, 4.69) is 10.6 Å². The van der Waals surface area contributed by atoms with Gasteiger partial charge in [-0.2, -0.15) is 0 Å². The molecule has 1 unspecified atom stereocenters. The van der Waals surface area contributed by atoms with Gasteiger partial charge in [0.1, 0.15) is 0 Å². The predicted octanol–water partition coefficient (Wildman–Crippen LogP) is -0.270. The second-order valence-electron chi connectivity index (χ2n) is 2.56. The number of amides is 1. The molecule has 0 saturated carbocycles. The summed E-state index contributed by atoms with van der Waals surface area (Å²) in [5.41, 5.74) is 0. The van der Waals surface area contributed by atoms with Crippen LogP contribution in [0.25, 0.3) is 0 Å². The number of carbonyl (C=O) groups excluding carboxylic acids is 1. The van der Waals surface area contributed by atoms with Gasteiger partial charge in [-0.1, -0.05) is 0 Å². The second kappa shape index (κ2) is 3.13. The standard InChI is InChI=1S/C6H10F2N2O/c7-6(8)3-9-2-1-5(6)10-4-11/h4-5,9H,1-3H2,(H,10,11). The molecule has 64 valence electrons. The van der Waals surface area contributed by atoms with Crippen LogP contribution in [0.4, 0.5) is 8.78 Å². The molecule has 0 spiro atoms. The van der Waals surface area contributed by atoms with Gasteiger partial charge < -0.3 is 10.6 Å². The fraction of sp³-hybridized carbons (Fsp3) is 0.833. The normalized spacial score (nSPS) is 29.5. The molecule has 1 aliphatic heterocycles. The molecule has 0 aromatic rings. The van der Waals surface area contributed by atoms with Gasteiger partial charge in [0.15, 0.2) is 0 Å². The summed E-state index contributed by atoms with van der Waals surface area (Å²) in [7, 11) is 0. The number of nitrogens with one attached hydrogen (secondary N) is 2. The first-order valence-corrected chi connectivity index (χ1v) is 3.45. The Morgan fingerprint density at radius 2 is 2.36 bits per heavy atom. The van der Waals surface area contributed by atoms with E-state index in [1.54, 1.807) is 0 Å². The van der Waals surface area contributed by atoms with Crippen LogP contribution in [0.2, 0.25) is 0 Å². The highest BCUT2D eigenvalue weighted by atomic mass is 19.3. The minimum atomic E-state index is -2.81. The van der Waals surface area contributed by atoms with Crippen molar-refractivity contribution in [3.8, 4) is 0 Å². The van der Waals surface area contributed by atoms with Crippen LogP contribution in [0.1, 0.15) is 6.42 Å². The third-order valence-corrected chi connectivity index (χ3v) is 1.75. The van der Waals surface area contributed by atoms with Gasteiger partial charge in [0.25, 0.3) is 5.92 Å². The van der Waals surface area contributed by atoms with Crippen LogP contribution in [-0.4, -0.2) is 31.5 Å². The molecular weight excluding hydrogens is 154 g/mol. The molecule has 1 atom stereocenters. The Hall–Kier alpha value is -0.710. The van der Waals surface area contributed by atoms with E-state index in [4.69, 9.17) is 0 Å². The Bertz CT molecular complexity index is 152. The number of rotatable bonds is 2. The first kappa shape index (κ1) is 8.39. The largest absolute Gasteiger partial charge is 0.350 e.